The van der Waals surface area contributed by atoms with E-state index in [1.54, 1.807) is 0 Å². The third kappa shape index (κ3) is 2.13. The van der Waals surface area contributed by atoms with Crippen molar-refractivity contribution in [3.63, 3.8) is 0 Å². The first-order valence-electron chi connectivity index (χ1n) is 6.97. The first kappa shape index (κ1) is 11.0. The quantitative estimate of drug-likeness (QED) is 0.755. The van der Waals surface area contributed by atoms with E-state index < -0.39 is 0 Å². The summed E-state index contributed by atoms with van der Waals surface area (Å²) in [6.07, 6.45) is 5.56. The summed E-state index contributed by atoms with van der Waals surface area (Å²) >= 11 is 0. The van der Waals surface area contributed by atoms with E-state index in [2.05, 4.69) is 16.7 Å². The highest BCUT2D eigenvalue weighted by atomic mass is 15.3. The zero-order chi connectivity index (χ0) is 11.1. The highest BCUT2D eigenvalue weighted by Gasteiger charge is 2.37. The molecule has 0 aromatic carbocycles. The molecule has 2 heterocycles. The van der Waals surface area contributed by atoms with Gasteiger partial charge in [0.2, 0.25) is 0 Å². The molecular weight excluding hydrogens is 198 g/mol. The minimum Gasteiger partial charge on any atom is -0.326 e. The molecule has 0 aromatic rings. The Hall–Kier alpha value is -0.120. The molecule has 3 fully saturated rings. The summed E-state index contributed by atoms with van der Waals surface area (Å²) in [5, 5.41) is 0. The van der Waals surface area contributed by atoms with E-state index in [1.165, 1.54) is 45.3 Å². The summed E-state index contributed by atoms with van der Waals surface area (Å²) in [5.41, 5.74) is 6.19. The van der Waals surface area contributed by atoms with Crippen LogP contribution in [0.25, 0.3) is 0 Å². The first-order valence-corrected chi connectivity index (χ1v) is 6.97. The van der Waals surface area contributed by atoms with Crippen LogP contribution in [-0.2, 0) is 0 Å². The van der Waals surface area contributed by atoms with Gasteiger partial charge in [-0.1, -0.05) is 6.92 Å². The van der Waals surface area contributed by atoms with Crippen molar-refractivity contribution in [1.82, 2.24) is 9.80 Å². The predicted molar refractivity (Wildman–Crippen MR) is 66.3 cm³/mol. The molecular formula is C13H25N3. The van der Waals surface area contributed by atoms with Crippen LogP contribution in [0, 0.1) is 5.92 Å². The van der Waals surface area contributed by atoms with E-state index in [1.807, 2.05) is 0 Å². The van der Waals surface area contributed by atoms with Gasteiger partial charge in [0.1, 0.15) is 0 Å². The molecule has 92 valence electrons. The van der Waals surface area contributed by atoms with Gasteiger partial charge >= 0.3 is 0 Å². The second-order valence-corrected chi connectivity index (χ2v) is 6.09. The normalized spacial score (nSPS) is 42.8. The van der Waals surface area contributed by atoms with Gasteiger partial charge in [0.15, 0.2) is 0 Å². The number of rotatable bonds is 2. The van der Waals surface area contributed by atoms with Gasteiger partial charge in [0.25, 0.3) is 0 Å². The van der Waals surface area contributed by atoms with Gasteiger partial charge in [-0.25, -0.2) is 0 Å². The van der Waals surface area contributed by atoms with Crippen molar-refractivity contribution in [2.45, 2.75) is 50.7 Å². The fraction of sp³-hybridized carbons (Fsp3) is 1.00. The van der Waals surface area contributed by atoms with Crippen LogP contribution < -0.4 is 5.73 Å². The van der Waals surface area contributed by atoms with Crippen LogP contribution in [0.5, 0.6) is 0 Å². The highest BCUT2D eigenvalue weighted by molar-refractivity contribution is 4.94. The average Bonchev–Trinajstić information content (AvgIpc) is 3.01. The number of hydrogen-bond acceptors (Lipinski definition) is 3. The van der Waals surface area contributed by atoms with Crippen molar-refractivity contribution in [3.05, 3.63) is 0 Å². The van der Waals surface area contributed by atoms with E-state index in [0.717, 1.165) is 24.5 Å². The molecule has 3 aliphatic rings. The lowest BCUT2D eigenvalue weighted by Crippen LogP contribution is -2.51. The maximum atomic E-state index is 6.19. The van der Waals surface area contributed by atoms with Crippen molar-refractivity contribution in [3.8, 4) is 0 Å². The molecule has 0 aromatic heterocycles. The lowest BCUT2D eigenvalue weighted by Gasteiger charge is -2.38. The molecule has 3 unspecified atom stereocenters. The first-order chi connectivity index (χ1) is 7.74. The molecule has 0 spiro atoms. The summed E-state index contributed by atoms with van der Waals surface area (Å²) in [5.74, 6) is 0.720. The Kier molecular flexibility index (Phi) is 2.94. The molecule has 0 bridgehead atoms. The second-order valence-electron chi connectivity index (χ2n) is 6.09. The van der Waals surface area contributed by atoms with Gasteiger partial charge in [0.05, 0.1) is 0 Å². The third-order valence-electron chi connectivity index (χ3n) is 4.82. The largest absolute Gasteiger partial charge is 0.326 e. The van der Waals surface area contributed by atoms with Gasteiger partial charge in [0, 0.05) is 37.8 Å². The minimum atomic E-state index is 0.406. The number of nitrogens with zero attached hydrogens (tertiary/aromatic N) is 2. The molecule has 2 N–H and O–H groups in total. The molecule has 0 radical (unpaired) electrons. The molecule has 2 aliphatic heterocycles. The third-order valence-corrected chi connectivity index (χ3v) is 4.82. The Balaban J connectivity index is 1.53. The van der Waals surface area contributed by atoms with Crippen LogP contribution in [0.1, 0.15) is 32.6 Å². The summed E-state index contributed by atoms with van der Waals surface area (Å²) in [4.78, 5) is 5.36. The monoisotopic (exact) mass is 223 g/mol. The van der Waals surface area contributed by atoms with Crippen molar-refractivity contribution < 1.29 is 0 Å². The van der Waals surface area contributed by atoms with Crippen molar-refractivity contribution in [2.24, 2.45) is 11.7 Å². The van der Waals surface area contributed by atoms with Gasteiger partial charge < -0.3 is 5.73 Å². The number of piperidine rings is 1. The Bertz CT molecular complexity index is 252. The van der Waals surface area contributed by atoms with E-state index in [-0.39, 0.29) is 0 Å². The molecule has 2 saturated heterocycles. The van der Waals surface area contributed by atoms with E-state index in [9.17, 15) is 0 Å². The lowest BCUT2D eigenvalue weighted by atomic mass is 9.93. The predicted octanol–water partition coefficient (Wildman–Crippen LogP) is 0.892. The zero-order valence-electron chi connectivity index (χ0n) is 10.4. The summed E-state index contributed by atoms with van der Waals surface area (Å²) < 4.78 is 0. The van der Waals surface area contributed by atoms with E-state index in [4.69, 9.17) is 5.73 Å². The SMILES string of the molecule is CC1CCN(C2CCN(C3CC3)C2)CC1N. The van der Waals surface area contributed by atoms with E-state index in [0.29, 0.717) is 6.04 Å². The Morgan fingerprint density at radius 3 is 2.25 bits per heavy atom. The minimum absolute atomic E-state index is 0.406. The number of likely N-dealkylation sites (tertiary alicyclic amines) is 2. The average molecular weight is 223 g/mol. The maximum Gasteiger partial charge on any atom is 0.0236 e. The summed E-state index contributed by atoms with van der Waals surface area (Å²) in [6, 6.07) is 2.16. The summed E-state index contributed by atoms with van der Waals surface area (Å²) in [7, 11) is 0. The number of hydrogen-bond donors (Lipinski definition) is 1. The van der Waals surface area contributed by atoms with Crippen LogP contribution in [0.15, 0.2) is 0 Å². The molecule has 16 heavy (non-hydrogen) atoms. The van der Waals surface area contributed by atoms with Crippen LogP contribution in [0.2, 0.25) is 0 Å². The van der Waals surface area contributed by atoms with Crippen LogP contribution in [0.3, 0.4) is 0 Å². The number of nitrogens with two attached hydrogens (primary N) is 1. The summed E-state index contributed by atoms with van der Waals surface area (Å²) in [6.45, 7) is 7.35. The van der Waals surface area contributed by atoms with Crippen molar-refractivity contribution in [2.75, 3.05) is 26.2 Å². The maximum absolute atomic E-state index is 6.19. The lowest BCUT2D eigenvalue weighted by molar-refractivity contribution is 0.120. The smallest absolute Gasteiger partial charge is 0.0236 e. The highest BCUT2D eigenvalue weighted by Crippen LogP contribution is 2.32. The molecule has 1 aliphatic carbocycles. The zero-order valence-corrected chi connectivity index (χ0v) is 10.4. The van der Waals surface area contributed by atoms with Gasteiger partial charge in [-0.05, 0) is 38.1 Å². The van der Waals surface area contributed by atoms with Gasteiger partial charge in [-0.15, -0.1) is 0 Å². The standard InChI is InChI=1S/C13H25N3/c1-10-4-6-16(9-13(10)14)12-5-7-15(8-12)11-2-3-11/h10-13H,2-9,14H2,1H3. The molecule has 3 heteroatoms. The second kappa shape index (κ2) is 4.28. The molecule has 1 saturated carbocycles. The molecule has 3 rings (SSSR count). The van der Waals surface area contributed by atoms with E-state index >= 15 is 0 Å². The van der Waals surface area contributed by atoms with Crippen LogP contribution in [0.4, 0.5) is 0 Å². The topological polar surface area (TPSA) is 32.5 Å². The van der Waals surface area contributed by atoms with Crippen molar-refractivity contribution in [1.29, 1.82) is 0 Å². The van der Waals surface area contributed by atoms with Gasteiger partial charge in [-0.3, -0.25) is 9.80 Å². The Morgan fingerprint density at radius 1 is 0.875 bits per heavy atom. The van der Waals surface area contributed by atoms with Crippen molar-refractivity contribution >= 4 is 0 Å². The fourth-order valence-corrected chi connectivity index (χ4v) is 3.29. The Labute approximate surface area is 99.0 Å². The molecule has 3 atom stereocenters. The molecule has 3 nitrogen and oxygen atoms in total. The van der Waals surface area contributed by atoms with Crippen LogP contribution in [-0.4, -0.2) is 54.1 Å². The fourth-order valence-electron chi connectivity index (χ4n) is 3.29. The van der Waals surface area contributed by atoms with Gasteiger partial charge in [-0.2, -0.15) is 0 Å². The molecule has 0 amide bonds. The Morgan fingerprint density at radius 2 is 1.56 bits per heavy atom. The van der Waals surface area contributed by atoms with Crippen LogP contribution >= 0.6 is 0 Å².